The standard InChI is InChI=1S/C17H26N2O2/c1-17(2,11-18)12-19(3)16(20)10-15-14-7-5-4-6-13(14)8-9-21-15/h4-7,15H,8-12,18H2,1-3H3. The van der Waals surface area contributed by atoms with Gasteiger partial charge in [-0.05, 0) is 29.5 Å². The lowest BCUT2D eigenvalue weighted by Gasteiger charge is -2.31. The Morgan fingerprint density at radius 2 is 2.14 bits per heavy atom. The molecule has 0 bridgehead atoms. The van der Waals surface area contributed by atoms with Crippen LogP contribution in [0.5, 0.6) is 0 Å². The molecule has 1 aliphatic rings. The van der Waals surface area contributed by atoms with Crippen LogP contribution in [0.25, 0.3) is 0 Å². The molecule has 0 aromatic heterocycles. The van der Waals surface area contributed by atoms with E-state index in [2.05, 4.69) is 26.0 Å². The highest BCUT2D eigenvalue weighted by Crippen LogP contribution is 2.30. The minimum Gasteiger partial charge on any atom is -0.373 e. The lowest BCUT2D eigenvalue weighted by Crippen LogP contribution is -2.40. The molecule has 21 heavy (non-hydrogen) atoms. The molecule has 0 saturated heterocycles. The second-order valence-corrected chi connectivity index (χ2v) is 6.63. The Morgan fingerprint density at radius 3 is 2.86 bits per heavy atom. The molecule has 0 aliphatic carbocycles. The quantitative estimate of drug-likeness (QED) is 0.904. The van der Waals surface area contributed by atoms with Crippen LogP contribution in [0.3, 0.4) is 0 Å². The average Bonchev–Trinajstić information content (AvgIpc) is 2.47. The predicted octanol–water partition coefficient (Wildman–Crippen LogP) is 2.13. The van der Waals surface area contributed by atoms with E-state index in [0.29, 0.717) is 26.1 Å². The summed E-state index contributed by atoms with van der Waals surface area (Å²) < 4.78 is 5.81. The van der Waals surface area contributed by atoms with E-state index in [0.717, 1.165) is 12.0 Å². The minimum absolute atomic E-state index is 0.0598. The molecule has 0 spiro atoms. The first kappa shape index (κ1) is 16.0. The smallest absolute Gasteiger partial charge is 0.225 e. The van der Waals surface area contributed by atoms with E-state index in [1.54, 1.807) is 4.90 Å². The number of hydrogen-bond donors (Lipinski definition) is 1. The summed E-state index contributed by atoms with van der Waals surface area (Å²) in [5, 5.41) is 0. The molecule has 1 atom stereocenters. The van der Waals surface area contributed by atoms with Crippen LogP contribution in [0.4, 0.5) is 0 Å². The first-order valence-electron chi connectivity index (χ1n) is 7.56. The molecular formula is C17H26N2O2. The minimum atomic E-state index is -0.120. The molecule has 0 saturated carbocycles. The van der Waals surface area contributed by atoms with E-state index in [1.807, 2.05) is 19.2 Å². The van der Waals surface area contributed by atoms with E-state index in [1.165, 1.54) is 5.56 Å². The molecule has 2 rings (SSSR count). The highest BCUT2D eigenvalue weighted by Gasteiger charge is 2.26. The van der Waals surface area contributed by atoms with Crippen molar-refractivity contribution in [2.24, 2.45) is 11.1 Å². The Labute approximate surface area is 127 Å². The van der Waals surface area contributed by atoms with Gasteiger partial charge in [-0.1, -0.05) is 38.1 Å². The number of ether oxygens (including phenoxy) is 1. The number of nitrogens with two attached hydrogens (primary N) is 1. The van der Waals surface area contributed by atoms with Crippen molar-refractivity contribution in [3.63, 3.8) is 0 Å². The predicted molar refractivity (Wildman–Crippen MR) is 83.9 cm³/mol. The summed E-state index contributed by atoms with van der Waals surface area (Å²) >= 11 is 0. The van der Waals surface area contributed by atoms with Crippen LogP contribution in [-0.2, 0) is 16.0 Å². The lowest BCUT2D eigenvalue weighted by atomic mass is 9.92. The SMILES string of the molecule is CN(CC(C)(C)CN)C(=O)CC1OCCc2ccccc21. The molecule has 1 heterocycles. The maximum atomic E-state index is 12.4. The monoisotopic (exact) mass is 290 g/mol. The van der Waals surface area contributed by atoms with Crippen molar-refractivity contribution in [3.8, 4) is 0 Å². The van der Waals surface area contributed by atoms with Crippen molar-refractivity contribution in [2.45, 2.75) is 32.8 Å². The molecule has 1 aromatic rings. The maximum Gasteiger partial charge on any atom is 0.225 e. The first-order chi connectivity index (χ1) is 9.93. The van der Waals surface area contributed by atoms with E-state index >= 15 is 0 Å². The van der Waals surface area contributed by atoms with Gasteiger partial charge in [0.25, 0.3) is 0 Å². The van der Waals surface area contributed by atoms with Gasteiger partial charge in [-0.3, -0.25) is 4.79 Å². The molecule has 1 aliphatic heterocycles. The van der Waals surface area contributed by atoms with Gasteiger partial charge in [0.15, 0.2) is 0 Å². The molecule has 2 N–H and O–H groups in total. The van der Waals surface area contributed by atoms with E-state index in [4.69, 9.17) is 10.5 Å². The van der Waals surface area contributed by atoms with Crippen molar-refractivity contribution in [1.29, 1.82) is 0 Å². The number of carbonyl (C=O) groups is 1. The molecule has 4 nitrogen and oxygen atoms in total. The number of rotatable bonds is 5. The van der Waals surface area contributed by atoms with Gasteiger partial charge >= 0.3 is 0 Å². The summed E-state index contributed by atoms with van der Waals surface area (Å²) in [6.45, 7) is 6.06. The Kier molecular flexibility index (Phi) is 5.01. The zero-order valence-electron chi connectivity index (χ0n) is 13.3. The zero-order valence-corrected chi connectivity index (χ0v) is 13.3. The normalized spacial score (nSPS) is 18.2. The highest BCUT2D eigenvalue weighted by molar-refractivity contribution is 5.76. The third-order valence-electron chi connectivity index (χ3n) is 4.10. The second-order valence-electron chi connectivity index (χ2n) is 6.63. The van der Waals surface area contributed by atoms with Gasteiger partial charge in [0.2, 0.25) is 5.91 Å². The molecule has 1 amide bonds. The molecule has 0 fully saturated rings. The van der Waals surface area contributed by atoms with Gasteiger partial charge < -0.3 is 15.4 Å². The zero-order chi connectivity index (χ0) is 15.5. The van der Waals surface area contributed by atoms with Crippen molar-refractivity contribution < 1.29 is 9.53 Å². The van der Waals surface area contributed by atoms with Crippen molar-refractivity contribution in [1.82, 2.24) is 4.90 Å². The third-order valence-corrected chi connectivity index (χ3v) is 4.10. The van der Waals surface area contributed by atoms with E-state index < -0.39 is 0 Å². The molecular weight excluding hydrogens is 264 g/mol. The fraction of sp³-hybridized carbons (Fsp3) is 0.588. The van der Waals surface area contributed by atoms with Crippen molar-refractivity contribution in [2.75, 3.05) is 26.7 Å². The van der Waals surface area contributed by atoms with Gasteiger partial charge in [-0.25, -0.2) is 0 Å². The highest BCUT2D eigenvalue weighted by atomic mass is 16.5. The Balaban J connectivity index is 2.01. The van der Waals surface area contributed by atoms with Crippen LogP contribution in [0.2, 0.25) is 0 Å². The third kappa shape index (κ3) is 4.05. The molecule has 1 unspecified atom stereocenters. The Morgan fingerprint density at radius 1 is 1.43 bits per heavy atom. The second kappa shape index (κ2) is 6.58. The number of carbonyl (C=O) groups excluding carboxylic acids is 1. The Hall–Kier alpha value is -1.39. The van der Waals surface area contributed by atoms with Crippen molar-refractivity contribution >= 4 is 5.91 Å². The van der Waals surface area contributed by atoms with Crippen LogP contribution >= 0.6 is 0 Å². The van der Waals surface area contributed by atoms with E-state index in [9.17, 15) is 4.79 Å². The summed E-state index contributed by atoms with van der Waals surface area (Å²) in [6.07, 6.45) is 1.20. The number of benzene rings is 1. The fourth-order valence-electron chi connectivity index (χ4n) is 2.75. The maximum absolute atomic E-state index is 12.4. The number of hydrogen-bond acceptors (Lipinski definition) is 3. The molecule has 1 aromatic carbocycles. The van der Waals surface area contributed by atoms with Gasteiger partial charge in [-0.15, -0.1) is 0 Å². The van der Waals surface area contributed by atoms with Crippen LogP contribution in [0, 0.1) is 5.41 Å². The van der Waals surface area contributed by atoms with Gasteiger partial charge in [0, 0.05) is 13.6 Å². The topological polar surface area (TPSA) is 55.6 Å². The summed E-state index contributed by atoms with van der Waals surface area (Å²) in [4.78, 5) is 14.2. The molecule has 116 valence electrons. The van der Waals surface area contributed by atoms with Gasteiger partial charge in [0.05, 0.1) is 19.1 Å². The molecule has 0 radical (unpaired) electrons. The number of fused-ring (bicyclic) bond motifs is 1. The average molecular weight is 290 g/mol. The summed E-state index contributed by atoms with van der Waals surface area (Å²) in [5.41, 5.74) is 8.13. The number of nitrogens with zero attached hydrogens (tertiary/aromatic N) is 1. The van der Waals surface area contributed by atoms with E-state index in [-0.39, 0.29) is 17.4 Å². The summed E-state index contributed by atoms with van der Waals surface area (Å²) in [6, 6.07) is 8.23. The van der Waals surface area contributed by atoms with Gasteiger partial charge in [0.1, 0.15) is 0 Å². The molecule has 4 heteroatoms. The number of amides is 1. The fourth-order valence-corrected chi connectivity index (χ4v) is 2.75. The largest absolute Gasteiger partial charge is 0.373 e. The van der Waals surface area contributed by atoms with Gasteiger partial charge in [-0.2, -0.15) is 0 Å². The first-order valence-corrected chi connectivity index (χ1v) is 7.56. The summed E-state index contributed by atoms with van der Waals surface area (Å²) in [7, 11) is 1.84. The van der Waals surface area contributed by atoms with Crippen LogP contribution < -0.4 is 5.73 Å². The van der Waals surface area contributed by atoms with Crippen LogP contribution in [0.1, 0.15) is 37.5 Å². The van der Waals surface area contributed by atoms with Crippen molar-refractivity contribution in [3.05, 3.63) is 35.4 Å². The van der Waals surface area contributed by atoms with Crippen LogP contribution in [-0.4, -0.2) is 37.6 Å². The van der Waals surface area contributed by atoms with Crippen LogP contribution in [0.15, 0.2) is 24.3 Å². The lowest BCUT2D eigenvalue weighted by molar-refractivity contribution is -0.134. The summed E-state index contributed by atoms with van der Waals surface area (Å²) in [5.74, 6) is 0.109. The Bertz CT molecular complexity index is 499.